The lowest BCUT2D eigenvalue weighted by atomic mass is 9.96. The van der Waals surface area contributed by atoms with E-state index in [1.54, 1.807) is 0 Å². The number of hydrogen-bond acceptors (Lipinski definition) is 5. The summed E-state index contributed by atoms with van der Waals surface area (Å²) < 4.78 is 4.66. The summed E-state index contributed by atoms with van der Waals surface area (Å²) in [5.74, 6) is 1.20. The van der Waals surface area contributed by atoms with Crippen LogP contribution in [0.1, 0.15) is 11.1 Å². The van der Waals surface area contributed by atoms with Crippen LogP contribution in [0.4, 0.5) is 5.69 Å². The molecule has 454 valence electrons. The smallest absolute Gasteiger partial charge is 0.187 e. The van der Waals surface area contributed by atoms with E-state index in [4.69, 9.17) is 21.5 Å². The summed E-state index contributed by atoms with van der Waals surface area (Å²) in [6, 6.07) is 118. The number of nitrogens with zero attached hydrogens (tertiary/aromatic N) is 8. The molecule has 0 N–H and O–H groups in total. The van der Waals surface area contributed by atoms with Crippen molar-refractivity contribution in [3.05, 3.63) is 350 Å². The number of rotatable bonds is 12. The molecule has 0 atom stereocenters. The molecule has 3 aromatic heterocycles. The van der Waals surface area contributed by atoms with Crippen LogP contribution in [-0.2, 0) is 0 Å². The molecule has 98 heavy (non-hydrogen) atoms. The zero-order chi connectivity index (χ0) is 65.6. The molecule has 0 radical (unpaired) electrons. The van der Waals surface area contributed by atoms with Crippen LogP contribution in [0.3, 0.4) is 0 Å². The predicted octanol–water partition coefficient (Wildman–Crippen LogP) is 23.0. The summed E-state index contributed by atoms with van der Waals surface area (Å²) >= 11 is 0. The van der Waals surface area contributed by atoms with E-state index in [9.17, 15) is 10.5 Å². The van der Waals surface area contributed by atoms with Crippen LogP contribution in [0.2, 0.25) is 0 Å². The van der Waals surface area contributed by atoms with E-state index < -0.39 is 0 Å². The van der Waals surface area contributed by atoms with Crippen LogP contribution in [0.25, 0.3) is 172 Å². The molecule has 0 aliphatic carbocycles. The third kappa shape index (κ3) is 10.6. The van der Waals surface area contributed by atoms with Crippen LogP contribution >= 0.6 is 0 Å². The summed E-state index contributed by atoms with van der Waals surface area (Å²) in [6.45, 7) is 8.21. The second-order valence-electron chi connectivity index (χ2n) is 24.5. The standard InChI is InChI=1S/C90H54N8/c1-93-73-33-17-31-71(49-73)77-41-39-75(98-86-44-36-68(62-24-10-4-11-25-62)52-80(86)81-53-69(37-45-87(81)98)63-26-12-5-13-27-63)55-83(77)90-95-88(72-32-16-29-65(48-72)64-28-14-18-58(46-64)56-91)94-89(96-90)82-54-74(38-40-76(82)70-30-15-19-59(47-70)57-92)97-84-42-34-66(60-20-6-2-7-21-60)50-78(84)79-51-67(35-43-85(79)97)61-22-8-3-9-23-61/h2-55H. The van der Waals surface area contributed by atoms with Crippen molar-refractivity contribution in [1.82, 2.24) is 24.1 Å². The molecule has 14 aromatic carbocycles. The molecule has 8 nitrogen and oxygen atoms in total. The summed E-state index contributed by atoms with van der Waals surface area (Å²) in [4.78, 5) is 20.8. The first kappa shape index (κ1) is 58.0. The zero-order valence-corrected chi connectivity index (χ0v) is 52.8. The fourth-order valence-corrected chi connectivity index (χ4v) is 13.9. The summed E-state index contributed by atoms with van der Waals surface area (Å²) in [5, 5.41) is 24.9. The van der Waals surface area contributed by atoms with E-state index in [0.29, 0.717) is 45.4 Å². The van der Waals surface area contributed by atoms with Crippen molar-refractivity contribution in [1.29, 1.82) is 10.5 Å². The van der Waals surface area contributed by atoms with E-state index in [0.717, 1.165) is 138 Å². The van der Waals surface area contributed by atoms with Gasteiger partial charge in [-0.05, 0) is 187 Å². The minimum Gasteiger partial charge on any atom is -0.309 e. The third-order valence-electron chi connectivity index (χ3n) is 18.6. The number of benzene rings is 14. The maximum Gasteiger partial charge on any atom is 0.187 e. The van der Waals surface area contributed by atoms with Crippen molar-refractivity contribution in [2.75, 3.05) is 0 Å². The Hall–Kier alpha value is -13.8. The minimum absolute atomic E-state index is 0.393. The number of fused-ring (bicyclic) bond motifs is 6. The molecular weight excluding hydrogens is 1190 g/mol. The highest BCUT2D eigenvalue weighted by atomic mass is 15.0. The van der Waals surface area contributed by atoms with Gasteiger partial charge in [0.05, 0.1) is 51.9 Å². The van der Waals surface area contributed by atoms with Crippen molar-refractivity contribution in [3.8, 4) is 136 Å². The zero-order valence-electron chi connectivity index (χ0n) is 52.8. The van der Waals surface area contributed by atoms with E-state index in [1.807, 2.05) is 115 Å². The molecule has 0 amide bonds. The first-order chi connectivity index (χ1) is 48.4. The second-order valence-corrected chi connectivity index (χ2v) is 24.5. The molecule has 0 bridgehead atoms. The van der Waals surface area contributed by atoms with Gasteiger partial charge in [-0.25, -0.2) is 19.8 Å². The fraction of sp³-hybridized carbons (Fsp3) is 0. The number of aromatic nitrogens is 5. The largest absolute Gasteiger partial charge is 0.309 e. The Bertz CT molecular complexity index is 5630. The molecule has 17 rings (SSSR count). The van der Waals surface area contributed by atoms with Gasteiger partial charge in [-0.2, -0.15) is 10.5 Å². The van der Waals surface area contributed by atoms with Crippen LogP contribution < -0.4 is 0 Å². The highest BCUT2D eigenvalue weighted by Crippen LogP contribution is 2.44. The second kappa shape index (κ2) is 24.6. The lowest BCUT2D eigenvalue weighted by Gasteiger charge is -2.18. The van der Waals surface area contributed by atoms with Gasteiger partial charge in [-0.3, -0.25) is 0 Å². The van der Waals surface area contributed by atoms with Crippen LogP contribution in [-0.4, -0.2) is 24.1 Å². The van der Waals surface area contributed by atoms with Gasteiger partial charge in [0.15, 0.2) is 23.2 Å². The minimum atomic E-state index is 0.393. The average Bonchev–Trinajstić information content (AvgIpc) is 1.56. The van der Waals surface area contributed by atoms with Gasteiger partial charge in [0.2, 0.25) is 0 Å². The molecule has 0 unspecified atom stereocenters. The Labute approximate surface area is 566 Å². The summed E-state index contributed by atoms with van der Waals surface area (Å²) in [6.07, 6.45) is 0. The molecule has 0 aliphatic heterocycles. The van der Waals surface area contributed by atoms with Gasteiger partial charge in [0, 0.05) is 49.6 Å². The number of nitriles is 2. The lowest BCUT2D eigenvalue weighted by molar-refractivity contribution is 1.07. The molecule has 17 aromatic rings. The fourth-order valence-electron chi connectivity index (χ4n) is 13.9. The van der Waals surface area contributed by atoms with Crippen LogP contribution in [0.5, 0.6) is 0 Å². The van der Waals surface area contributed by atoms with Gasteiger partial charge in [-0.1, -0.05) is 218 Å². The molecule has 0 aliphatic rings. The average molecular weight is 1250 g/mol. The van der Waals surface area contributed by atoms with Crippen molar-refractivity contribution < 1.29 is 0 Å². The Kier molecular flexibility index (Phi) is 14.5. The molecule has 0 saturated carbocycles. The molecule has 0 saturated heterocycles. The van der Waals surface area contributed by atoms with Crippen molar-refractivity contribution in [2.45, 2.75) is 0 Å². The predicted molar refractivity (Wildman–Crippen MR) is 399 cm³/mol. The maximum absolute atomic E-state index is 10.5. The Balaban J connectivity index is 0.939. The number of hydrogen-bond donors (Lipinski definition) is 0. The Morgan fingerprint density at radius 3 is 0.990 bits per heavy atom. The Morgan fingerprint density at radius 2 is 0.582 bits per heavy atom. The molecule has 3 heterocycles. The van der Waals surface area contributed by atoms with E-state index >= 15 is 0 Å². The highest BCUT2D eigenvalue weighted by molar-refractivity contribution is 6.13. The van der Waals surface area contributed by atoms with Crippen LogP contribution in [0, 0.1) is 29.2 Å². The molecular formula is C90H54N8. The van der Waals surface area contributed by atoms with E-state index in [-0.39, 0.29) is 0 Å². The van der Waals surface area contributed by atoms with Gasteiger partial charge in [0.1, 0.15) is 0 Å². The normalized spacial score (nSPS) is 11.2. The van der Waals surface area contributed by atoms with Crippen molar-refractivity contribution in [3.63, 3.8) is 0 Å². The Morgan fingerprint density at radius 1 is 0.255 bits per heavy atom. The maximum atomic E-state index is 10.5. The quantitative estimate of drug-likeness (QED) is 0.113. The SMILES string of the molecule is [C-]#[N+]c1cccc(-c2ccc(-n3c4ccc(-c5ccccc5)cc4c4cc(-c5ccccc5)ccc43)cc2-c2nc(-c3cccc(-c4cccc(C#N)c4)c3)nc(-c3cc(-n4c5ccc(-c6ccccc6)cc5c5cc(-c6ccccc6)ccc54)ccc3-c3cccc(C#N)c3)n2)c1. The monoisotopic (exact) mass is 1250 g/mol. The van der Waals surface area contributed by atoms with Gasteiger partial charge in [-0.15, -0.1) is 0 Å². The lowest BCUT2D eigenvalue weighted by Crippen LogP contribution is -2.04. The topological polar surface area (TPSA) is 100 Å². The van der Waals surface area contributed by atoms with Crippen molar-refractivity contribution in [2.24, 2.45) is 0 Å². The summed E-state index contributed by atoms with van der Waals surface area (Å²) in [5.41, 5.74) is 23.5. The van der Waals surface area contributed by atoms with E-state index in [1.165, 1.54) is 0 Å². The van der Waals surface area contributed by atoms with Gasteiger partial charge >= 0.3 is 0 Å². The first-order valence-corrected chi connectivity index (χ1v) is 32.4. The highest BCUT2D eigenvalue weighted by Gasteiger charge is 2.24. The van der Waals surface area contributed by atoms with Gasteiger partial charge < -0.3 is 9.13 Å². The summed E-state index contributed by atoms with van der Waals surface area (Å²) in [7, 11) is 0. The third-order valence-corrected chi connectivity index (χ3v) is 18.6. The first-order valence-electron chi connectivity index (χ1n) is 32.4. The molecule has 8 heteroatoms. The molecule has 0 spiro atoms. The van der Waals surface area contributed by atoms with Gasteiger partial charge in [0.25, 0.3) is 0 Å². The molecule has 0 fully saturated rings. The van der Waals surface area contributed by atoms with E-state index in [2.05, 4.69) is 238 Å². The van der Waals surface area contributed by atoms with Crippen LogP contribution in [0.15, 0.2) is 328 Å². The van der Waals surface area contributed by atoms with Crippen molar-refractivity contribution >= 4 is 49.3 Å².